The van der Waals surface area contributed by atoms with E-state index in [0.717, 1.165) is 12.1 Å². The molecule has 0 saturated carbocycles. The number of hydrogen-bond donors (Lipinski definition) is 3. The third kappa shape index (κ3) is 6.64. The molecule has 1 fully saturated rings. The SMILES string of the molecule is CC1CN(C(=O)CNC(=O)NCc2ccc(Cl)cc2)CCN1.Cl. The molecule has 1 unspecified atom stereocenters. The summed E-state index contributed by atoms with van der Waals surface area (Å²) in [6.45, 7) is 4.58. The third-order valence-corrected chi connectivity index (χ3v) is 3.74. The van der Waals surface area contributed by atoms with Crippen molar-refractivity contribution in [3.05, 3.63) is 34.9 Å². The maximum atomic E-state index is 12.0. The summed E-state index contributed by atoms with van der Waals surface area (Å²) >= 11 is 5.80. The second-order valence-corrected chi connectivity index (χ2v) is 5.79. The highest BCUT2D eigenvalue weighted by Gasteiger charge is 2.20. The number of carbonyl (C=O) groups is 2. The molecule has 128 valence electrons. The molecule has 1 saturated heterocycles. The van der Waals surface area contributed by atoms with Gasteiger partial charge in [0.15, 0.2) is 0 Å². The van der Waals surface area contributed by atoms with E-state index in [2.05, 4.69) is 16.0 Å². The molecule has 0 aliphatic carbocycles. The van der Waals surface area contributed by atoms with Gasteiger partial charge in [0.05, 0.1) is 6.54 Å². The molecule has 8 heteroatoms. The van der Waals surface area contributed by atoms with E-state index in [1.54, 1.807) is 17.0 Å². The van der Waals surface area contributed by atoms with E-state index >= 15 is 0 Å². The molecular formula is C15H22Cl2N4O2. The number of rotatable bonds is 4. The average Bonchev–Trinajstić information content (AvgIpc) is 2.52. The number of carbonyl (C=O) groups excluding carboxylic acids is 2. The molecule has 3 amide bonds. The predicted octanol–water partition coefficient (Wildman–Crippen LogP) is 1.38. The second kappa shape index (κ2) is 9.60. The van der Waals surface area contributed by atoms with Crippen LogP contribution in [0.25, 0.3) is 0 Å². The summed E-state index contributed by atoms with van der Waals surface area (Å²) in [6.07, 6.45) is 0. The first-order chi connectivity index (χ1) is 10.5. The summed E-state index contributed by atoms with van der Waals surface area (Å²) in [5.74, 6) is -0.0602. The molecule has 2 rings (SSSR count). The number of nitrogens with zero attached hydrogens (tertiary/aromatic N) is 1. The molecule has 6 nitrogen and oxygen atoms in total. The molecule has 0 radical (unpaired) electrons. The Morgan fingerprint density at radius 1 is 1.30 bits per heavy atom. The minimum Gasteiger partial charge on any atom is -0.338 e. The van der Waals surface area contributed by atoms with E-state index < -0.39 is 0 Å². The monoisotopic (exact) mass is 360 g/mol. The first kappa shape index (κ1) is 19.5. The fraction of sp³-hybridized carbons (Fsp3) is 0.467. The van der Waals surface area contributed by atoms with E-state index in [1.165, 1.54) is 0 Å². The van der Waals surface area contributed by atoms with Crippen LogP contribution in [0.3, 0.4) is 0 Å². The van der Waals surface area contributed by atoms with Crippen molar-refractivity contribution in [3.8, 4) is 0 Å². The van der Waals surface area contributed by atoms with Gasteiger partial charge >= 0.3 is 6.03 Å². The van der Waals surface area contributed by atoms with Gasteiger partial charge in [-0.1, -0.05) is 23.7 Å². The Balaban J connectivity index is 0.00000264. The predicted molar refractivity (Wildman–Crippen MR) is 93.0 cm³/mol. The first-order valence-corrected chi connectivity index (χ1v) is 7.69. The van der Waals surface area contributed by atoms with Crippen LogP contribution < -0.4 is 16.0 Å². The van der Waals surface area contributed by atoms with Crippen molar-refractivity contribution in [3.63, 3.8) is 0 Å². The van der Waals surface area contributed by atoms with Crippen LogP contribution in [0.1, 0.15) is 12.5 Å². The van der Waals surface area contributed by atoms with Crippen molar-refractivity contribution in [1.29, 1.82) is 0 Å². The molecule has 1 heterocycles. The van der Waals surface area contributed by atoms with Crippen LogP contribution in [0.2, 0.25) is 5.02 Å². The zero-order chi connectivity index (χ0) is 15.9. The summed E-state index contributed by atoms with van der Waals surface area (Å²) in [6, 6.07) is 7.16. The fourth-order valence-electron chi connectivity index (χ4n) is 2.27. The Kier molecular flexibility index (Phi) is 8.16. The van der Waals surface area contributed by atoms with Gasteiger partial charge in [-0.25, -0.2) is 4.79 Å². The molecule has 1 aromatic carbocycles. The Labute approximate surface area is 147 Å². The molecule has 3 N–H and O–H groups in total. The molecule has 0 bridgehead atoms. The highest BCUT2D eigenvalue weighted by molar-refractivity contribution is 6.30. The van der Waals surface area contributed by atoms with Crippen LogP contribution in [0.4, 0.5) is 4.79 Å². The smallest absolute Gasteiger partial charge is 0.315 e. The molecule has 1 aliphatic rings. The summed E-state index contributed by atoms with van der Waals surface area (Å²) in [4.78, 5) is 25.5. The number of amides is 3. The highest BCUT2D eigenvalue weighted by Crippen LogP contribution is 2.08. The van der Waals surface area contributed by atoms with Crippen molar-refractivity contribution >= 4 is 35.9 Å². The van der Waals surface area contributed by atoms with Crippen molar-refractivity contribution in [2.24, 2.45) is 0 Å². The lowest BCUT2D eigenvalue weighted by molar-refractivity contribution is -0.131. The molecule has 1 aliphatic heterocycles. The molecule has 0 aromatic heterocycles. The number of benzene rings is 1. The van der Waals surface area contributed by atoms with Gasteiger partial charge < -0.3 is 20.9 Å². The zero-order valence-electron chi connectivity index (χ0n) is 13.0. The van der Waals surface area contributed by atoms with Gasteiger partial charge in [0, 0.05) is 37.2 Å². The van der Waals surface area contributed by atoms with Crippen LogP contribution in [-0.4, -0.2) is 49.1 Å². The van der Waals surface area contributed by atoms with E-state index in [1.807, 2.05) is 19.1 Å². The van der Waals surface area contributed by atoms with E-state index in [0.29, 0.717) is 24.7 Å². The number of nitrogens with one attached hydrogen (secondary N) is 3. The topological polar surface area (TPSA) is 73.5 Å². The Hall–Kier alpha value is -1.50. The number of hydrogen-bond acceptors (Lipinski definition) is 3. The van der Waals surface area contributed by atoms with Crippen LogP contribution in [0.15, 0.2) is 24.3 Å². The summed E-state index contributed by atoms with van der Waals surface area (Å²) in [5, 5.41) is 9.23. The molecule has 1 aromatic rings. The van der Waals surface area contributed by atoms with Crippen LogP contribution >= 0.6 is 24.0 Å². The second-order valence-electron chi connectivity index (χ2n) is 5.36. The lowest BCUT2D eigenvalue weighted by Crippen LogP contribution is -2.53. The van der Waals surface area contributed by atoms with Gasteiger partial charge in [0.1, 0.15) is 0 Å². The van der Waals surface area contributed by atoms with Gasteiger partial charge in [-0.3, -0.25) is 4.79 Å². The van der Waals surface area contributed by atoms with E-state index in [-0.39, 0.29) is 36.9 Å². The number of halogens is 2. The van der Waals surface area contributed by atoms with Crippen LogP contribution in [-0.2, 0) is 11.3 Å². The molecule has 0 spiro atoms. The van der Waals surface area contributed by atoms with Gasteiger partial charge in [0.2, 0.25) is 5.91 Å². The fourth-order valence-corrected chi connectivity index (χ4v) is 2.40. The summed E-state index contributed by atoms with van der Waals surface area (Å²) in [5.41, 5.74) is 0.946. The maximum Gasteiger partial charge on any atom is 0.315 e. The Bertz CT molecular complexity index is 525. The third-order valence-electron chi connectivity index (χ3n) is 3.49. The Morgan fingerprint density at radius 3 is 2.65 bits per heavy atom. The van der Waals surface area contributed by atoms with Gasteiger partial charge in [-0.15, -0.1) is 12.4 Å². The van der Waals surface area contributed by atoms with Gasteiger partial charge in [-0.05, 0) is 24.6 Å². The number of piperazine rings is 1. The lowest BCUT2D eigenvalue weighted by Gasteiger charge is -2.31. The van der Waals surface area contributed by atoms with Crippen LogP contribution in [0.5, 0.6) is 0 Å². The zero-order valence-corrected chi connectivity index (χ0v) is 14.5. The normalized spacial score (nSPS) is 17.1. The molecule has 23 heavy (non-hydrogen) atoms. The lowest BCUT2D eigenvalue weighted by atomic mass is 10.2. The standard InChI is InChI=1S/C15H21ClN4O2.ClH/c1-11-10-20(7-6-17-11)14(21)9-19-15(22)18-8-12-2-4-13(16)5-3-12;/h2-5,11,17H,6-10H2,1H3,(H2,18,19,22);1H. The first-order valence-electron chi connectivity index (χ1n) is 7.32. The quantitative estimate of drug-likeness (QED) is 0.759. The van der Waals surface area contributed by atoms with Crippen molar-refractivity contribution in [1.82, 2.24) is 20.9 Å². The average molecular weight is 361 g/mol. The van der Waals surface area contributed by atoms with Gasteiger partial charge in [-0.2, -0.15) is 0 Å². The van der Waals surface area contributed by atoms with E-state index in [9.17, 15) is 9.59 Å². The summed E-state index contributed by atoms with van der Waals surface area (Å²) < 4.78 is 0. The van der Waals surface area contributed by atoms with Gasteiger partial charge in [0.25, 0.3) is 0 Å². The van der Waals surface area contributed by atoms with Crippen molar-refractivity contribution < 1.29 is 9.59 Å². The highest BCUT2D eigenvalue weighted by atomic mass is 35.5. The minimum absolute atomic E-state index is 0. The minimum atomic E-state index is -0.355. The van der Waals surface area contributed by atoms with Crippen LogP contribution in [0, 0.1) is 0 Å². The molecular weight excluding hydrogens is 339 g/mol. The van der Waals surface area contributed by atoms with E-state index in [4.69, 9.17) is 11.6 Å². The largest absolute Gasteiger partial charge is 0.338 e. The Morgan fingerprint density at radius 2 is 2.00 bits per heavy atom. The maximum absolute atomic E-state index is 12.0. The summed E-state index contributed by atoms with van der Waals surface area (Å²) in [7, 11) is 0. The number of urea groups is 1. The van der Waals surface area contributed by atoms with Crippen molar-refractivity contribution in [2.75, 3.05) is 26.2 Å². The van der Waals surface area contributed by atoms with Crippen molar-refractivity contribution in [2.45, 2.75) is 19.5 Å². The molecule has 1 atom stereocenters.